The first-order chi connectivity index (χ1) is 15.3. The quantitative estimate of drug-likeness (QED) is 0.493. The van der Waals surface area contributed by atoms with Crippen molar-refractivity contribution in [1.29, 1.82) is 0 Å². The van der Waals surface area contributed by atoms with E-state index in [0.717, 1.165) is 30.9 Å². The predicted molar refractivity (Wildman–Crippen MR) is 126 cm³/mol. The number of anilines is 2. The summed E-state index contributed by atoms with van der Waals surface area (Å²) in [5.74, 6) is 0.381. The fraction of sp³-hybridized carbons (Fsp3) is 0.333. The number of pyridine rings is 1. The minimum Gasteiger partial charge on any atom is -0.366 e. The monoisotopic (exact) mass is 432 g/mol. The smallest absolute Gasteiger partial charge is 0.271 e. The lowest BCUT2D eigenvalue weighted by atomic mass is 9.87. The summed E-state index contributed by atoms with van der Waals surface area (Å²) < 4.78 is 0. The molecule has 1 aliphatic heterocycles. The van der Waals surface area contributed by atoms with Gasteiger partial charge in [0.25, 0.3) is 11.5 Å². The van der Waals surface area contributed by atoms with Gasteiger partial charge in [-0.25, -0.2) is 9.97 Å². The molecule has 3 heterocycles. The maximum absolute atomic E-state index is 12.7. The summed E-state index contributed by atoms with van der Waals surface area (Å²) >= 11 is 0. The Kier molecular flexibility index (Phi) is 6.05. The van der Waals surface area contributed by atoms with E-state index in [1.165, 1.54) is 6.33 Å². The molecule has 2 aromatic heterocycles. The molecule has 8 heteroatoms. The Morgan fingerprint density at radius 3 is 2.59 bits per heavy atom. The third kappa shape index (κ3) is 5.03. The highest BCUT2D eigenvalue weighted by atomic mass is 16.2. The van der Waals surface area contributed by atoms with Crippen LogP contribution in [0.2, 0.25) is 0 Å². The maximum atomic E-state index is 12.7. The molecule has 1 atom stereocenters. The standard InChI is InChI=1S/C24H28N6O2/c1-24(2,3)17-6-4-15(5-7-17)22(31)30-20-10-16(12-26-23(20)32)19-11-21(28-14-27-19)29-18-8-9-25-13-18/h4-7,10-12,14,18,25H,8-9,13H2,1-3H3,(H,26,32)(H,30,31)(H,27,28,29). The Morgan fingerprint density at radius 2 is 1.91 bits per heavy atom. The van der Waals surface area contributed by atoms with Crippen molar-refractivity contribution in [2.24, 2.45) is 0 Å². The highest BCUT2D eigenvalue weighted by Crippen LogP contribution is 2.23. The minimum atomic E-state index is -0.377. The summed E-state index contributed by atoms with van der Waals surface area (Å²) in [7, 11) is 0. The molecule has 0 radical (unpaired) electrons. The second-order valence-corrected chi connectivity index (χ2v) is 9.04. The maximum Gasteiger partial charge on any atom is 0.271 e. The first-order valence-corrected chi connectivity index (χ1v) is 10.7. The van der Waals surface area contributed by atoms with Crippen molar-refractivity contribution in [3.05, 3.63) is 70.4 Å². The van der Waals surface area contributed by atoms with Crippen molar-refractivity contribution in [3.63, 3.8) is 0 Å². The highest BCUT2D eigenvalue weighted by molar-refractivity contribution is 6.04. The lowest BCUT2D eigenvalue weighted by Gasteiger charge is -2.19. The zero-order chi connectivity index (χ0) is 22.7. The third-order valence-corrected chi connectivity index (χ3v) is 5.54. The fourth-order valence-electron chi connectivity index (χ4n) is 3.62. The zero-order valence-corrected chi connectivity index (χ0v) is 18.5. The van der Waals surface area contributed by atoms with Gasteiger partial charge in [-0.05, 0) is 42.1 Å². The van der Waals surface area contributed by atoms with Crippen LogP contribution in [0.4, 0.5) is 11.5 Å². The van der Waals surface area contributed by atoms with E-state index in [2.05, 4.69) is 51.7 Å². The van der Waals surface area contributed by atoms with Gasteiger partial charge < -0.3 is 20.9 Å². The van der Waals surface area contributed by atoms with Crippen molar-refractivity contribution in [2.75, 3.05) is 23.7 Å². The largest absolute Gasteiger partial charge is 0.366 e. The number of aromatic nitrogens is 3. The topological polar surface area (TPSA) is 112 Å². The molecular weight excluding hydrogens is 404 g/mol. The van der Waals surface area contributed by atoms with Gasteiger partial charge in [0.1, 0.15) is 17.8 Å². The number of nitrogens with one attached hydrogen (secondary N) is 4. The number of nitrogens with zero attached hydrogens (tertiary/aromatic N) is 2. The lowest BCUT2D eigenvalue weighted by Crippen LogP contribution is -2.22. The van der Waals surface area contributed by atoms with Crippen LogP contribution in [0.1, 0.15) is 43.1 Å². The normalized spacial score (nSPS) is 16.0. The number of H-pyrrole nitrogens is 1. The first-order valence-electron chi connectivity index (χ1n) is 10.7. The Hall–Kier alpha value is -3.52. The number of hydrogen-bond acceptors (Lipinski definition) is 6. The van der Waals surface area contributed by atoms with Gasteiger partial charge in [-0.2, -0.15) is 0 Å². The van der Waals surface area contributed by atoms with E-state index < -0.39 is 0 Å². The fourth-order valence-corrected chi connectivity index (χ4v) is 3.62. The second-order valence-electron chi connectivity index (χ2n) is 9.04. The van der Waals surface area contributed by atoms with Gasteiger partial charge in [-0.1, -0.05) is 32.9 Å². The summed E-state index contributed by atoms with van der Waals surface area (Å²) in [6.07, 6.45) is 4.10. The number of rotatable bonds is 5. The molecule has 1 aromatic carbocycles. The Balaban J connectivity index is 1.53. The molecule has 1 saturated heterocycles. The lowest BCUT2D eigenvalue weighted by molar-refractivity contribution is 0.102. The van der Waals surface area contributed by atoms with Crippen LogP contribution in [0.25, 0.3) is 11.3 Å². The third-order valence-electron chi connectivity index (χ3n) is 5.54. The van der Waals surface area contributed by atoms with Crippen molar-refractivity contribution in [3.8, 4) is 11.3 Å². The van der Waals surface area contributed by atoms with E-state index in [1.807, 2.05) is 18.2 Å². The van der Waals surface area contributed by atoms with Gasteiger partial charge in [-0.3, -0.25) is 9.59 Å². The summed E-state index contributed by atoms with van der Waals surface area (Å²) in [5.41, 5.74) is 2.74. The number of carbonyl (C=O) groups is 1. The van der Waals surface area contributed by atoms with E-state index in [1.54, 1.807) is 24.4 Å². The van der Waals surface area contributed by atoms with Crippen LogP contribution in [0.5, 0.6) is 0 Å². The van der Waals surface area contributed by atoms with Crippen molar-refractivity contribution in [1.82, 2.24) is 20.3 Å². The molecule has 8 nitrogen and oxygen atoms in total. The first kappa shape index (κ1) is 21.7. The van der Waals surface area contributed by atoms with Crippen LogP contribution in [-0.4, -0.2) is 40.0 Å². The van der Waals surface area contributed by atoms with Crippen molar-refractivity contribution in [2.45, 2.75) is 38.6 Å². The van der Waals surface area contributed by atoms with Gasteiger partial charge in [-0.15, -0.1) is 0 Å². The Morgan fingerprint density at radius 1 is 1.12 bits per heavy atom. The predicted octanol–water partition coefficient (Wildman–Crippen LogP) is 3.16. The molecule has 1 aliphatic rings. The van der Waals surface area contributed by atoms with Crippen molar-refractivity contribution < 1.29 is 4.79 Å². The Bertz CT molecular complexity index is 1160. The average molecular weight is 433 g/mol. The van der Waals surface area contributed by atoms with Gasteiger partial charge >= 0.3 is 0 Å². The molecule has 0 aliphatic carbocycles. The number of benzene rings is 1. The van der Waals surface area contributed by atoms with Crippen LogP contribution >= 0.6 is 0 Å². The van der Waals surface area contributed by atoms with E-state index in [-0.39, 0.29) is 22.6 Å². The molecule has 1 fully saturated rings. The van der Waals surface area contributed by atoms with Crippen LogP contribution in [0.15, 0.2) is 53.7 Å². The molecule has 3 aromatic rings. The van der Waals surface area contributed by atoms with Crippen LogP contribution in [0.3, 0.4) is 0 Å². The van der Waals surface area contributed by atoms with Gasteiger partial charge in [0.15, 0.2) is 0 Å². The summed E-state index contributed by atoms with van der Waals surface area (Å²) in [6.45, 7) is 8.23. The van der Waals surface area contributed by atoms with E-state index in [0.29, 0.717) is 22.9 Å². The highest BCUT2D eigenvalue weighted by Gasteiger charge is 2.17. The second kappa shape index (κ2) is 8.92. The van der Waals surface area contributed by atoms with Gasteiger partial charge in [0, 0.05) is 36.0 Å². The van der Waals surface area contributed by atoms with Crippen LogP contribution in [0, 0.1) is 0 Å². The van der Waals surface area contributed by atoms with Crippen molar-refractivity contribution >= 4 is 17.4 Å². The summed E-state index contributed by atoms with van der Waals surface area (Å²) in [5, 5.41) is 9.42. The SMILES string of the molecule is CC(C)(C)c1ccc(C(=O)Nc2cc(-c3cc(NC4CCNC4)ncn3)c[nH]c2=O)cc1. The number of aromatic amines is 1. The Labute approximate surface area is 186 Å². The molecule has 0 bridgehead atoms. The molecular formula is C24H28N6O2. The zero-order valence-electron chi connectivity index (χ0n) is 18.5. The van der Waals surface area contributed by atoms with E-state index >= 15 is 0 Å². The molecule has 0 spiro atoms. The van der Waals surface area contributed by atoms with Gasteiger partial charge in [0.2, 0.25) is 0 Å². The average Bonchev–Trinajstić information content (AvgIpc) is 3.28. The molecule has 32 heavy (non-hydrogen) atoms. The molecule has 166 valence electrons. The number of amides is 1. The number of hydrogen-bond donors (Lipinski definition) is 4. The molecule has 1 unspecified atom stereocenters. The minimum absolute atomic E-state index is 0.0000121. The van der Waals surface area contributed by atoms with Crippen LogP contribution < -0.4 is 21.5 Å². The summed E-state index contributed by atoms with van der Waals surface area (Å²) in [4.78, 5) is 36.3. The van der Waals surface area contributed by atoms with E-state index in [4.69, 9.17) is 0 Å². The molecule has 0 saturated carbocycles. The molecule has 1 amide bonds. The summed E-state index contributed by atoms with van der Waals surface area (Å²) in [6, 6.07) is 11.2. The molecule has 4 N–H and O–H groups in total. The van der Waals surface area contributed by atoms with Gasteiger partial charge in [0.05, 0.1) is 5.69 Å². The molecule has 4 rings (SSSR count). The number of carbonyl (C=O) groups excluding carboxylic acids is 1. The van der Waals surface area contributed by atoms with E-state index in [9.17, 15) is 9.59 Å². The van der Waals surface area contributed by atoms with Crippen LogP contribution in [-0.2, 0) is 5.41 Å².